The van der Waals surface area contributed by atoms with Crippen LogP contribution in [0.15, 0.2) is 42.5 Å². The van der Waals surface area contributed by atoms with Crippen LogP contribution in [0.1, 0.15) is 25.3 Å². The van der Waals surface area contributed by atoms with E-state index in [1.807, 2.05) is 42.5 Å². The Morgan fingerprint density at radius 1 is 1.00 bits per heavy atom. The first-order chi connectivity index (χ1) is 10.2. The predicted octanol–water partition coefficient (Wildman–Crippen LogP) is 2.88. The topological polar surface area (TPSA) is 52.6 Å². The molecule has 2 rings (SSSR count). The van der Waals surface area contributed by atoms with Crippen molar-refractivity contribution < 1.29 is 19.1 Å². The molecule has 1 aromatic rings. The minimum Gasteiger partial charge on any atom is -0.466 e. The first-order valence-corrected chi connectivity index (χ1v) is 7.24. The van der Waals surface area contributed by atoms with Gasteiger partial charge in [0.25, 0.3) is 0 Å². The van der Waals surface area contributed by atoms with Crippen molar-refractivity contribution in [3.05, 3.63) is 48.0 Å². The van der Waals surface area contributed by atoms with Crippen molar-refractivity contribution in [1.29, 1.82) is 0 Å². The van der Waals surface area contributed by atoms with Gasteiger partial charge < -0.3 is 9.47 Å². The van der Waals surface area contributed by atoms with Crippen LogP contribution < -0.4 is 0 Å². The Balaban J connectivity index is 1.95. The zero-order valence-electron chi connectivity index (χ0n) is 12.2. The van der Waals surface area contributed by atoms with Gasteiger partial charge in [-0.3, -0.25) is 9.59 Å². The number of carbonyl (C=O) groups is 2. The number of esters is 2. The van der Waals surface area contributed by atoms with Crippen LogP contribution in [-0.2, 0) is 25.7 Å². The van der Waals surface area contributed by atoms with Crippen LogP contribution in [-0.4, -0.2) is 18.5 Å². The molecule has 112 valence electrons. The van der Waals surface area contributed by atoms with E-state index in [9.17, 15) is 9.59 Å². The molecule has 0 aliphatic heterocycles. The Bertz CT molecular complexity index is 507. The minimum atomic E-state index is -0.447. The zero-order chi connectivity index (χ0) is 15.1. The summed E-state index contributed by atoms with van der Waals surface area (Å²) in [6, 6.07) is 9.50. The van der Waals surface area contributed by atoms with Gasteiger partial charge in [-0.05, 0) is 25.3 Å². The maximum absolute atomic E-state index is 12.2. The molecule has 0 N–H and O–H groups in total. The average molecular weight is 288 g/mol. The molecular weight excluding hydrogens is 268 g/mol. The molecule has 4 nitrogen and oxygen atoms in total. The molecule has 0 saturated carbocycles. The van der Waals surface area contributed by atoms with E-state index in [0.717, 1.165) is 5.56 Å². The normalized spacial score (nSPS) is 20.8. The highest BCUT2D eigenvalue weighted by Gasteiger charge is 2.36. The second-order valence-corrected chi connectivity index (χ2v) is 5.00. The number of ether oxygens (including phenoxy) is 2. The van der Waals surface area contributed by atoms with E-state index in [4.69, 9.17) is 9.47 Å². The number of hydrogen-bond donors (Lipinski definition) is 0. The van der Waals surface area contributed by atoms with E-state index in [2.05, 4.69) is 0 Å². The Kier molecular flexibility index (Phi) is 5.55. The summed E-state index contributed by atoms with van der Waals surface area (Å²) in [7, 11) is 0. The number of carbonyl (C=O) groups excluding carboxylic acids is 2. The molecular formula is C17H20O4. The molecule has 0 unspecified atom stereocenters. The van der Waals surface area contributed by atoms with Crippen LogP contribution in [0.25, 0.3) is 0 Å². The Hall–Kier alpha value is -2.10. The molecule has 21 heavy (non-hydrogen) atoms. The molecule has 0 spiro atoms. The van der Waals surface area contributed by atoms with Crippen molar-refractivity contribution in [2.45, 2.75) is 26.4 Å². The largest absolute Gasteiger partial charge is 0.466 e. The van der Waals surface area contributed by atoms with Gasteiger partial charge in [0.1, 0.15) is 6.61 Å². The van der Waals surface area contributed by atoms with Crippen molar-refractivity contribution >= 4 is 11.9 Å². The van der Waals surface area contributed by atoms with Crippen LogP contribution in [0.2, 0.25) is 0 Å². The fraction of sp³-hybridized carbons (Fsp3) is 0.412. The summed E-state index contributed by atoms with van der Waals surface area (Å²) < 4.78 is 10.4. The third kappa shape index (κ3) is 4.18. The van der Waals surface area contributed by atoms with Gasteiger partial charge in [0, 0.05) is 0 Å². The van der Waals surface area contributed by atoms with Crippen molar-refractivity contribution in [2.24, 2.45) is 11.8 Å². The van der Waals surface area contributed by atoms with Crippen molar-refractivity contribution in [1.82, 2.24) is 0 Å². The molecule has 0 amide bonds. The second kappa shape index (κ2) is 7.62. The third-order valence-electron chi connectivity index (χ3n) is 3.55. The molecule has 0 heterocycles. The summed E-state index contributed by atoms with van der Waals surface area (Å²) in [5.74, 6) is -1.53. The lowest BCUT2D eigenvalue weighted by atomic mass is 9.83. The lowest BCUT2D eigenvalue weighted by Crippen LogP contribution is -2.33. The van der Waals surface area contributed by atoms with Gasteiger partial charge in [0.15, 0.2) is 0 Å². The van der Waals surface area contributed by atoms with Crippen LogP contribution in [0.4, 0.5) is 0 Å². The van der Waals surface area contributed by atoms with E-state index in [0.29, 0.717) is 19.4 Å². The van der Waals surface area contributed by atoms with Crippen molar-refractivity contribution in [3.8, 4) is 0 Å². The number of hydrogen-bond acceptors (Lipinski definition) is 4. The first kappa shape index (κ1) is 15.3. The Morgan fingerprint density at radius 3 is 2.14 bits per heavy atom. The molecule has 0 bridgehead atoms. The zero-order valence-corrected chi connectivity index (χ0v) is 12.2. The summed E-state index contributed by atoms with van der Waals surface area (Å²) in [5.41, 5.74) is 0.935. The van der Waals surface area contributed by atoms with E-state index in [-0.39, 0.29) is 18.5 Å². The molecule has 0 saturated heterocycles. The smallest absolute Gasteiger partial charge is 0.310 e. The molecule has 1 aromatic carbocycles. The molecule has 1 aliphatic carbocycles. The van der Waals surface area contributed by atoms with E-state index in [1.165, 1.54) is 0 Å². The molecule has 1 aliphatic rings. The Labute approximate surface area is 124 Å². The molecule has 0 fully saturated rings. The van der Waals surface area contributed by atoms with Gasteiger partial charge in [0.05, 0.1) is 18.4 Å². The second-order valence-electron chi connectivity index (χ2n) is 5.00. The summed E-state index contributed by atoms with van der Waals surface area (Å²) in [4.78, 5) is 24.1. The number of allylic oxidation sites excluding steroid dienone is 2. The SMILES string of the molecule is CCOC(=O)[C@H]1CC=CC[C@@H]1C(=O)OCc1ccccc1. The molecule has 4 heteroatoms. The molecule has 0 radical (unpaired) electrons. The third-order valence-corrected chi connectivity index (χ3v) is 3.55. The van der Waals surface area contributed by atoms with Gasteiger partial charge in [-0.1, -0.05) is 42.5 Å². The van der Waals surface area contributed by atoms with Crippen LogP contribution in [0, 0.1) is 11.8 Å². The van der Waals surface area contributed by atoms with Gasteiger partial charge >= 0.3 is 11.9 Å². The fourth-order valence-corrected chi connectivity index (χ4v) is 2.42. The van der Waals surface area contributed by atoms with Gasteiger partial charge in [0.2, 0.25) is 0 Å². The summed E-state index contributed by atoms with van der Waals surface area (Å²) in [5, 5.41) is 0. The highest BCUT2D eigenvalue weighted by molar-refractivity contribution is 5.82. The highest BCUT2D eigenvalue weighted by atomic mass is 16.5. The predicted molar refractivity (Wildman–Crippen MR) is 78.2 cm³/mol. The lowest BCUT2D eigenvalue weighted by molar-refractivity contribution is -0.161. The average Bonchev–Trinajstić information content (AvgIpc) is 2.54. The monoisotopic (exact) mass is 288 g/mol. The number of rotatable bonds is 5. The van der Waals surface area contributed by atoms with E-state index < -0.39 is 11.8 Å². The standard InChI is InChI=1S/C17H20O4/c1-2-20-16(18)14-10-6-7-11-15(14)17(19)21-12-13-8-4-3-5-9-13/h3-9,14-15H,2,10-12H2,1H3/t14-,15-/m0/s1. The lowest BCUT2D eigenvalue weighted by Gasteiger charge is -2.25. The fourth-order valence-electron chi connectivity index (χ4n) is 2.42. The van der Waals surface area contributed by atoms with Crippen LogP contribution in [0.3, 0.4) is 0 Å². The summed E-state index contributed by atoms with van der Waals surface area (Å²) in [6.07, 6.45) is 4.90. The van der Waals surface area contributed by atoms with Crippen LogP contribution >= 0.6 is 0 Å². The van der Waals surface area contributed by atoms with E-state index in [1.54, 1.807) is 6.92 Å². The van der Waals surface area contributed by atoms with Gasteiger partial charge in [-0.15, -0.1) is 0 Å². The van der Waals surface area contributed by atoms with Gasteiger partial charge in [-0.2, -0.15) is 0 Å². The van der Waals surface area contributed by atoms with Gasteiger partial charge in [-0.25, -0.2) is 0 Å². The molecule has 2 atom stereocenters. The van der Waals surface area contributed by atoms with Crippen LogP contribution in [0.5, 0.6) is 0 Å². The Morgan fingerprint density at radius 2 is 1.57 bits per heavy atom. The quantitative estimate of drug-likeness (QED) is 0.617. The number of benzene rings is 1. The highest BCUT2D eigenvalue weighted by Crippen LogP contribution is 2.28. The van der Waals surface area contributed by atoms with Crippen molar-refractivity contribution in [2.75, 3.05) is 6.61 Å². The summed E-state index contributed by atoms with van der Waals surface area (Å²) in [6.45, 7) is 2.32. The summed E-state index contributed by atoms with van der Waals surface area (Å²) >= 11 is 0. The van der Waals surface area contributed by atoms with Crippen molar-refractivity contribution in [3.63, 3.8) is 0 Å². The minimum absolute atomic E-state index is 0.232. The maximum Gasteiger partial charge on any atom is 0.310 e. The molecule has 0 aromatic heterocycles. The first-order valence-electron chi connectivity index (χ1n) is 7.24. The maximum atomic E-state index is 12.2. The van der Waals surface area contributed by atoms with E-state index >= 15 is 0 Å².